The van der Waals surface area contributed by atoms with Crippen LogP contribution < -0.4 is 9.30 Å². The molecule has 2 aromatic heterocycles. The van der Waals surface area contributed by atoms with E-state index in [1.54, 1.807) is 0 Å². The fourth-order valence-corrected chi connectivity index (χ4v) is 4.28. The summed E-state index contributed by atoms with van der Waals surface area (Å²) in [5.74, 6) is 3.08. The molecule has 0 saturated heterocycles. The lowest BCUT2D eigenvalue weighted by Crippen LogP contribution is -2.32. The lowest BCUT2D eigenvalue weighted by Gasteiger charge is -2.22. The van der Waals surface area contributed by atoms with Crippen molar-refractivity contribution in [3.05, 3.63) is 52.9 Å². The highest BCUT2D eigenvalue weighted by atomic mass is 16.5. The van der Waals surface area contributed by atoms with Crippen LogP contribution in [0.15, 0.2) is 34.9 Å². The third-order valence-electron chi connectivity index (χ3n) is 5.77. The Hall–Kier alpha value is -2.81. The zero-order chi connectivity index (χ0) is 19.0. The minimum Gasteiger partial charge on any atom is -0.456 e. The number of aromatic nitrogens is 1. The molecule has 1 aliphatic heterocycles. The average Bonchev–Trinajstić information content (AvgIpc) is 3.02. The normalized spacial score (nSPS) is 12.7. The van der Waals surface area contributed by atoms with Gasteiger partial charge in [-0.1, -0.05) is 26.0 Å². The molecule has 0 aliphatic carbocycles. The van der Waals surface area contributed by atoms with Crippen molar-refractivity contribution in [3.8, 4) is 22.8 Å². The van der Waals surface area contributed by atoms with Crippen molar-refractivity contribution >= 4 is 21.7 Å². The Balaban J connectivity index is 1.97. The van der Waals surface area contributed by atoms with E-state index in [2.05, 4.69) is 76.7 Å². The third-order valence-corrected chi connectivity index (χ3v) is 5.77. The summed E-state index contributed by atoms with van der Waals surface area (Å²) in [5, 5.41) is 3.51. The molecule has 0 radical (unpaired) electrons. The monoisotopic (exact) mass is 358 g/mol. The van der Waals surface area contributed by atoms with Gasteiger partial charge in [0.15, 0.2) is 11.8 Å². The van der Waals surface area contributed by atoms with Crippen molar-refractivity contribution in [1.82, 2.24) is 0 Å². The van der Waals surface area contributed by atoms with Crippen LogP contribution in [0.1, 0.15) is 42.2 Å². The Bertz CT molecular complexity index is 1260. The van der Waals surface area contributed by atoms with E-state index in [1.807, 2.05) is 0 Å². The molecule has 0 N–H and O–H groups in total. The number of ether oxygens (including phenoxy) is 1. The smallest absolute Gasteiger partial charge is 0.260 e. The molecule has 4 aromatic rings. The average molecular weight is 358 g/mol. The molecule has 3 heteroatoms. The molecule has 1 aliphatic rings. The van der Waals surface area contributed by atoms with Crippen molar-refractivity contribution in [2.75, 3.05) is 0 Å². The van der Waals surface area contributed by atoms with Crippen LogP contribution in [-0.4, -0.2) is 0 Å². The van der Waals surface area contributed by atoms with Gasteiger partial charge in [0.05, 0.1) is 10.9 Å². The first kappa shape index (κ1) is 16.4. The summed E-state index contributed by atoms with van der Waals surface area (Å²) in [7, 11) is 2.09. The van der Waals surface area contributed by atoms with Crippen molar-refractivity contribution < 1.29 is 13.7 Å². The van der Waals surface area contributed by atoms with Crippen molar-refractivity contribution in [2.45, 2.75) is 40.5 Å². The number of hydrogen-bond donors (Lipinski definition) is 0. The second-order valence-electron chi connectivity index (χ2n) is 8.16. The second kappa shape index (κ2) is 5.35. The molecule has 5 rings (SSSR count). The van der Waals surface area contributed by atoms with Gasteiger partial charge >= 0.3 is 0 Å². The van der Waals surface area contributed by atoms with Crippen molar-refractivity contribution in [2.24, 2.45) is 7.05 Å². The Morgan fingerprint density at radius 2 is 1.74 bits per heavy atom. The third kappa shape index (κ3) is 2.18. The molecule has 0 unspecified atom stereocenters. The maximum Gasteiger partial charge on any atom is 0.260 e. The van der Waals surface area contributed by atoms with Crippen LogP contribution in [0.25, 0.3) is 33.0 Å². The Morgan fingerprint density at radius 1 is 0.963 bits per heavy atom. The molecule has 0 atom stereocenters. The highest BCUT2D eigenvalue weighted by Gasteiger charge is 2.33. The number of aryl methyl sites for hydroxylation is 3. The quantitative estimate of drug-likeness (QED) is 0.332. The lowest BCUT2D eigenvalue weighted by molar-refractivity contribution is -0.659. The number of pyridine rings is 1. The molecule has 2 aromatic carbocycles. The molecular weight excluding hydrogens is 334 g/mol. The Kier molecular flexibility index (Phi) is 3.24. The molecule has 136 valence electrons. The van der Waals surface area contributed by atoms with E-state index in [1.165, 1.54) is 33.0 Å². The van der Waals surface area contributed by atoms with Gasteiger partial charge in [-0.2, -0.15) is 4.57 Å². The van der Waals surface area contributed by atoms with Crippen LogP contribution in [0.3, 0.4) is 0 Å². The van der Waals surface area contributed by atoms with Gasteiger partial charge in [0, 0.05) is 11.3 Å². The highest BCUT2D eigenvalue weighted by Crippen LogP contribution is 2.50. The van der Waals surface area contributed by atoms with Gasteiger partial charge in [0.1, 0.15) is 18.6 Å². The summed E-state index contributed by atoms with van der Waals surface area (Å²) in [6, 6.07) is 8.77. The van der Waals surface area contributed by atoms with E-state index in [4.69, 9.17) is 9.15 Å². The largest absolute Gasteiger partial charge is 0.456 e. The molecule has 0 amide bonds. The zero-order valence-electron chi connectivity index (χ0n) is 16.7. The molecule has 3 heterocycles. The van der Waals surface area contributed by atoms with Crippen LogP contribution in [0.4, 0.5) is 0 Å². The van der Waals surface area contributed by atoms with E-state index in [0.717, 1.165) is 33.9 Å². The zero-order valence-corrected chi connectivity index (χ0v) is 16.7. The summed E-state index contributed by atoms with van der Waals surface area (Å²) in [6.45, 7) is 10.8. The lowest BCUT2D eigenvalue weighted by atomic mass is 9.90. The molecule has 0 spiro atoms. The van der Waals surface area contributed by atoms with Gasteiger partial charge in [-0.25, -0.2) is 0 Å². The maximum atomic E-state index is 6.50. The summed E-state index contributed by atoms with van der Waals surface area (Å²) < 4.78 is 14.9. The van der Waals surface area contributed by atoms with Gasteiger partial charge in [-0.05, 0) is 55.0 Å². The van der Waals surface area contributed by atoms with Crippen LogP contribution in [0.5, 0.6) is 11.5 Å². The predicted octanol–water partition coefficient (Wildman–Crippen LogP) is 6.23. The van der Waals surface area contributed by atoms with E-state index >= 15 is 0 Å². The summed E-state index contributed by atoms with van der Waals surface area (Å²) in [5.41, 5.74) is 6.98. The number of fused-ring (bicyclic) bond motifs is 4. The van der Waals surface area contributed by atoms with Gasteiger partial charge in [0.2, 0.25) is 5.75 Å². The number of hydrogen-bond acceptors (Lipinski definition) is 2. The standard InChI is InChI=1S/C24H24NO2/c1-12(2)18-10-17-11-25(6)22-20-15(5)14(4)9-16-7-13(3)8-19(21(16)20)27-24(22)23(17)26-18/h7-12H,1-6H3/q+1. The van der Waals surface area contributed by atoms with E-state index in [-0.39, 0.29) is 0 Å². The van der Waals surface area contributed by atoms with Crippen LogP contribution >= 0.6 is 0 Å². The van der Waals surface area contributed by atoms with Crippen molar-refractivity contribution in [1.29, 1.82) is 0 Å². The number of rotatable bonds is 1. The Morgan fingerprint density at radius 3 is 2.48 bits per heavy atom. The molecule has 0 fully saturated rings. The fourth-order valence-electron chi connectivity index (χ4n) is 4.28. The maximum absolute atomic E-state index is 6.50. The predicted molar refractivity (Wildman–Crippen MR) is 109 cm³/mol. The second-order valence-corrected chi connectivity index (χ2v) is 8.16. The molecule has 0 saturated carbocycles. The first-order valence-corrected chi connectivity index (χ1v) is 9.54. The van der Waals surface area contributed by atoms with Crippen molar-refractivity contribution in [3.63, 3.8) is 0 Å². The summed E-state index contributed by atoms with van der Waals surface area (Å²) in [4.78, 5) is 0. The Labute approximate surface area is 159 Å². The number of nitrogens with zero attached hydrogens (tertiary/aromatic N) is 1. The van der Waals surface area contributed by atoms with Gasteiger partial charge in [-0.15, -0.1) is 0 Å². The number of benzene rings is 2. The van der Waals surface area contributed by atoms with E-state index in [0.29, 0.717) is 5.92 Å². The molecule has 27 heavy (non-hydrogen) atoms. The molecule has 0 bridgehead atoms. The van der Waals surface area contributed by atoms with E-state index in [9.17, 15) is 0 Å². The summed E-state index contributed by atoms with van der Waals surface area (Å²) in [6.07, 6.45) is 2.15. The topological polar surface area (TPSA) is 26.2 Å². The van der Waals surface area contributed by atoms with Crippen LogP contribution in [0, 0.1) is 20.8 Å². The summed E-state index contributed by atoms with van der Waals surface area (Å²) >= 11 is 0. The van der Waals surface area contributed by atoms with Gasteiger partial charge < -0.3 is 9.15 Å². The minimum absolute atomic E-state index is 0.337. The van der Waals surface area contributed by atoms with Gasteiger partial charge in [-0.3, -0.25) is 0 Å². The first-order valence-electron chi connectivity index (χ1n) is 9.54. The molecular formula is C24H24NO2+. The van der Waals surface area contributed by atoms with Gasteiger partial charge in [0.25, 0.3) is 5.69 Å². The number of furan rings is 1. The van der Waals surface area contributed by atoms with E-state index < -0.39 is 0 Å². The SMILES string of the molecule is Cc1cc2c3c(c(C)c(C)cc3c1)-c1c(c3oc(C(C)C)cc3c[n+]1C)O2. The highest BCUT2D eigenvalue weighted by molar-refractivity contribution is 6.07. The first-order chi connectivity index (χ1) is 12.8. The minimum atomic E-state index is 0.337. The van der Waals surface area contributed by atoms with Crippen LogP contribution in [-0.2, 0) is 7.05 Å². The molecule has 3 nitrogen and oxygen atoms in total. The fraction of sp³-hybridized carbons (Fsp3) is 0.292. The van der Waals surface area contributed by atoms with Crippen LogP contribution in [0.2, 0.25) is 0 Å².